The van der Waals surface area contributed by atoms with E-state index >= 15 is 0 Å². The van der Waals surface area contributed by atoms with Crippen LogP contribution >= 0.6 is 11.6 Å². The number of alkyl halides is 3. The number of ether oxygens (including phenoxy) is 1. The van der Waals surface area contributed by atoms with E-state index in [-0.39, 0.29) is 28.4 Å². The summed E-state index contributed by atoms with van der Waals surface area (Å²) < 4.78 is 73.3. The van der Waals surface area contributed by atoms with Crippen LogP contribution < -0.4 is 10.1 Å². The molecule has 0 bridgehead atoms. The van der Waals surface area contributed by atoms with Gasteiger partial charge in [-0.15, -0.1) is 0 Å². The topological polar surface area (TPSA) is 80.6 Å². The molecule has 1 heterocycles. The number of fused-ring (bicyclic) bond motifs is 1. The molecule has 3 aromatic rings. The number of amides is 1. The third-order valence-electron chi connectivity index (χ3n) is 4.58. The Morgan fingerprint density at radius 2 is 1.84 bits per heavy atom. The van der Waals surface area contributed by atoms with Crippen LogP contribution in [-0.2, 0) is 6.54 Å². The first-order valence-electron chi connectivity index (χ1n) is 8.98. The quantitative estimate of drug-likeness (QED) is 0.282. The highest BCUT2D eigenvalue weighted by atomic mass is 35.5. The SMILES string of the molecule is CCn1c(C(=O)NC(c2ccc(F)c(F)c2)C(F)(F)F)cc2cc(OC(=O)O)c(Cl)cc21. The summed E-state index contributed by atoms with van der Waals surface area (Å²) in [5.74, 6) is -4.19. The Morgan fingerprint density at radius 1 is 1.16 bits per heavy atom. The molecule has 0 aliphatic heterocycles. The van der Waals surface area contributed by atoms with E-state index in [1.165, 1.54) is 22.8 Å². The lowest BCUT2D eigenvalue weighted by Crippen LogP contribution is -2.39. The molecule has 1 aromatic heterocycles. The van der Waals surface area contributed by atoms with Crippen LogP contribution in [0.3, 0.4) is 0 Å². The first kappa shape index (κ1) is 23.3. The predicted octanol–water partition coefficient (Wildman–Crippen LogP) is 5.68. The Bertz CT molecular complexity index is 1210. The van der Waals surface area contributed by atoms with Crippen LogP contribution in [0.25, 0.3) is 10.9 Å². The monoisotopic (exact) mass is 476 g/mol. The zero-order valence-corrected chi connectivity index (χ0v) is 16.9. The van der Waals surface area contributed by atoms with Crippen LogP contribution in [0.1, 0.15) is 29.0 Å². The van der Waals surface area contributed by atoms with Gasteiger partial charge in [0.2, 0.25) is 0 Å². The minimum absolute atomic E-state index is 0.0883. The van der Waals surface area contributed by atoms with E-state index in [9.17, 15) is 31.5 Å². The molecule has 12 heteroatoms. The molecule has 0 saturated heterocycles. The standard InChI is InChI=1S/C20H14ClF5N2O4/c1-2-28-14-8-11(21)16(32-19(30)31)7-10(14)6-15(28)18(29)27-17(20(24,25)26)9-3-4-12(22)13(23)5-9/h3-8,17H,2H2,1H3,(H,27,29)(H,30,31). The van der Waals surface area contributed by atoms with E-state index in [0.717, 1.165) is 6.07 Å². The molecule has 32 heavy (non-hydrogen) atoms. The van der Waals surface area contributed by atoms with E-state index in [1.807, 2.05) is 0 Å². The van der Waals surface area contributed by atoms with Crippen molar-refractivity contribution in [3.63, 3.8) is 0 Å². The summed E-state index contributed by atoms with van der Waals surface area (Å²) in [6.07, 6.45) is -6.63. The first-order chi connectivity index (χ1) is 14.9. The fourth-order valence-corrected chi connectivity index (χ4v) is 3.41. The summed E-state index contributed by atoms with van der Waals surface area (Å²) in [6, 6.07) is 2.78. The van der Waals surface area contributed by atoms with E-state index in [2.05, 4.69) is 4.74 Å². The van der Waals surface area contributed by atoms with Gasteiger partial charge in [0.25, 0.3) is 5.91 Å². The summed E-state index contributed by atoms with van der Waals surface area (Å²) >= 11 is 6.00. The van der Waals surface area contributed by atoms with Crippen LogP contribution in [-0.4, -0.2) is 27.9 Å². The number of nitrogens with one attached hydrogen (secondary N) is 1. The van der Waals surface area contributed by atoms with Gasteiger partial charge in [-0.2, -0.15) is 13.2 Å². The van der Waals surface area contributed by atoms with E-state index in [0.29, 0.717) is 17.6 Å². The normalized spacial score (nSPS) is 12.6. The minimum Gasteiger partial charge on any atom is -0.449 e. The molecule has 1 atom stereocenters. The summed E-state index contributed by atoms with van der Waals surface area (Å²) in [7, 11) is 0. The van der Waals surface area contributed by atoms with Gasteiger partial charge in [0.15, 0.2) is 23.4 Å². The van der Waals surface area contributed by atoms with Gasteiger partial charge in [-0.05, 0) is 42.8 Å². The first-order valence-corrected chi connectivity index (χ1v) is 9.36. The molecule has 0 aliphatic rings. The highest BCUT2D eigenvalue weighted by Gasteiger charge is 2.42. The van der Waals surface area contributed by atoms with Crippen LogP contribution in [0.15, 0.2) is 36.4 Å². The van der Waals surface area contributed by atoms with Crippen LogP contribution in [0.2, 0.25) is 5.02 Å². The third kappa shape index (κ3) is 4.62. The lowest BCUT2D eigenvalue weighted by molar-refractivity contribution is -0.155. The maximum atomic E-state index is 13.6. The van der Waals surface area contributed by atoms with Crippen LogP contribution in [0.4, 0.5) is 26.7 Å². The highest BCUT2D eigenvalue weighted by molar-refractivity contribution is 6.33. The number of rotatable bonds is 5. The van der Waals surface area contributed by atoms with Crippen molar-refractivity contribution in [2.24, 2.45) is 0 Å². The zero-order chi connectivity index (χ0) is 23.8. The molecule has 6 nitrogen and oxygen atoms in total. The van der Waals surface area contributed by atoms with Gasteiger partial charge >= 0.3 is 12.3 Å². The molecule has 2 aromatic carbocycles. The summed E-state index contributed by atoms with van der Waals surface area (Å²) in [5.41, 5.74) is -0.538. The number of hydrogen-bond acceptors (Lipinski definition) is 3. The molecule has 2 N–H and O–H groups in total. The number of carbonyl (C=O) groups excluding carboxylic acids is 1. The van der Waals surface area contributed by atoms with E-state index in [1.54, 1.807) is 12.2 Å². The lowest BCUT2D eigenvalue weighted by atomic mass is 10.1. The van der Waals surface area contributed by atoms with Crippen molar-refractivity contribution in [1.82, 2.24) is 9.88 Å². The Balaban J connectivity index is 2.03. The second kappa shape index (κ2) is 8.65. The number of halogens is 6. The number of carbonyl (C=O) groups is 2. The fourth-order valence-electron chi connectivity index (χ4n) is 3.22. The van der Waals surface area contributed by atoms with Crippen molar-refractivity contribution in [1.29, 1.82) is 0 Å². The molecule has 1 unspecified atom stereocenters. The second-order valence-corrected chi connectivity index (χ2v) is 7.01. The average molecular weight is 477 g/mol. The van der Waals surface area contributed by atoms with Gasteiger partial charge in [-0.1, -0.05) is 17.7 Å². The predicted molar refractivity (Wildman–Crippen MR) is 104 cm³/mol. The molecule has 3 rings (SSSR count). The minimum atomic E-state index is -5.01. The van der Waals surface area contributed by atoms with E-state index in [4.69, 9.17) is 16.7 Å². The maximum Gasteiger partial charge on any atom is 0.511 e. The third-order valence-corrected chi connectivity index (χ3v) is 4.88. The number of aryl methyl sites for hydroxylation is 1. The fraction of sp³-hybridized carbons (Fsp3) is 0.200. The van der Waals surface area contributed by atoms with E-state index < -0.39 is 41.5 Å². The van der Waals surface area contributed by atoms with Crippen molar-refractivity contribution in [3.05, 3.63) is 64.3 Å². The van der Waals surface area contributed by atoms with Gasteiger partial charge in [0.1, 0.15) is 5.69 Å². The molecule has 170 valence electrons. The van der Waals surface area contributed by atoms with Crippen LogP contribution in [0, 0.1) is 11.6 Å². The molecule has 0 radical (unpaired) electrons. The molecule has 1 amide bonds. The summed E-state index contributed by atoms with van der Waals surface area (Å²) in [5, 5.41) is 10.8. The number of nitrogens with zero attached hydrogens (tertiary/aromatic N) is 1. The van der Waals surface area contributed by atoms with Crippen molar-refractivity contribution in [3.8, 4) is 5.75 Å². The van der Waals surface area contributed by atoms with Gasteiger partial charge in [-0.3, -0.25) is 4.79 Å². The second-order valence-electron chi connectivity index (χ2n) is 6.60. The average Bonchev–Trinajstić information content (AvgIpc) is 3.04. The molecular formula is C20H14ClF5N2O4. The number of carboxylic acid groups (broad SMARTS) is 1. The van der Waals surface area contributed by atoms with Gasteiger partial charge < -0.3 is 19.7 Å². The Morgan fingerprint density at radius 3 is 2.41 bits per heavy atom. The van der Waals surface area contributed by atoms with Gasteiger partial charge in [0.05, 0.1) is 10.5 Å². The van der Waals surface area contributed by atoms with Gasteiger partial charge in [0, 0.05) is 11.9 Å². The molecule has 0 saturated carbocycles. The molecular weight excluding hydrogens is 463 g/mol. The summed E-state index contributed by atoms with van der Waals surface area (Å²) in [4.78, 5) is 23.5. The lowest BCUT2D eigenvalue weighted by Gasteiger charge is -2.22. The Labute approximate surface area is 182 Å². The molecule has 0 aliphatic carbocycles. The number of hydrogen-bond donors (Lipinski definition) is 2. The highest BCUT2D eigenvalue weighted by Crippen LogP contribution is 2.35. The molecule has 0 spiro atoms. The van der Waals surface area contributed by atoms with Crippen molar-refractivity contribution in [2.75, 3.05) is 0 Å². The number of aromatic nitrogens is 1. The molecule has 0 fully saturated rings. The maximum absolute atomic E-state index is 13.6. The number of benzene rings is 2. The van der Waals surface area contributed by atoms with Gasteiger partial charge in [-0.25, -0.2) is 13.6 Å². The van der Waals surface area contributed by atoms with Crippen molar-refractivity contribution in [2.45, 2.75) is 25.7 Å². The Hall–Kier alpha value is -3.34. The smallest absolute Gasteiger partial charge is 0.449 e. The summed E-state index contributed by atoms with van der Waals surface area (Å²) in [6.45, 7) is 1.78. The Kier molecular flexibility index (Phi) is 6.31. The zero-order valence-electron chi connectivity index (χ0n) is 16.1. The van der Waals surface area contributed by atoms with Crippen molar-refractivity contribution < 1.29 is 41.4 Å². The van der Waals surface area contributed by atoms with Crippen LogP contribution in [0.5, 0.6) is 5.75 Å². The largest absolute Gasteiger partial charge is 0.511 e. The van der Waals surface area contributed by atoms with Crippen molar-refractivity contribution >= 4 is 34.6 Å².